The third-order valence-corrected chi connectivity index (χ3v) is 4.16. The van der Waals surface area contributed by atoms with E-state index in [1.54, 1.807) is 0 Å². The molecular formula is C20H27N. The monoisotopic (exact) mass is 281 g/mol. The van der Waals surface area contributed by atoms with Gasteiger partial charge in [-0.1, -0.05) is 67.6 Å². The van der Waals surface area contributed by atoms with Gasteiger partial charge in [0.25, 0.3) is 0 Å². The third kappa shape index (κ3) is 4.71. The molecule has 1 heterocycles. The van der Waals surface area contributed by atoms with Crippen LogP contribution in [0.2, 0.25) is 0 Å². The fourth-order valence-electron chi connectivity index (χ4n) is 3.11. The maximum Gasteiger partial charge on any atom is 0.0217 e. The predicted octanol–water partition coefficient (Wildman–Crippen LogP) is 4.94. The number of hydrogen-bond acceptors (Lipinski definition) is 1. The van der Waals surface area contributed by atoms with E-state index in [9.17, 15) is 0 Å². The Bertz CT molecular complexity index is 478. The van der Waals surface area contributed by atoms with E-state index in [-0.39, 0.29) is 0 Å². The Kier molecular flexibility index (Phi) is 6.49. The summed E-state index contributed by atoms with van der Waals surface area (Å²) in [5, 5.41) is 0. The molecule has 0 radical (unpaired) electrons. The summed E-state index contributed by atoms with van der Waals surface area (Å²) >= 11 is 0. The molecule has 1 aliphatic heterocycles. The average Bonchev–Trinajstić information content (AvgIpc) is 2.54. The van der Waals surface area contributed by atoms with E-state index in [0.717, 1.165) is 6.54 Å². The van der Waals surface area contributed by atoms with Crippen LogP contribution in [0, 0.1) is 0 Å². The molecule has 1 fully saturated rings. The smallest absolute Gasteiger partial charge is 0.0217 e. The lowest BCUT2D eigenvalue weighted by Gasteiger charge is -2.31. The largest absolute Gasteiger partial charge is 0.302 e. The van der Waals surface area contributed by atoms with Crippen molar-refractivity contribution in [3.05, 3.63) is 72.4 Å². The molecule has 112 valence electrons. The highest BCUT2D eigenvalue weighted by atomic mass is 15.1. The second-order valence-corrected chi connectivity index (χ2v) is 5.73. The van der Waals surface area contributed by atoms with E-state index in [0.29, 0.717) is 5.92 Å². The zero-order valence-corrected chi connectivity index (χ0v) is 13.2. The van der Waals surface area contributed by atoms with Gasteiger partial charge in [-0.25, -0.2) is 0 Å². The van der Waals surface area contributed by atoms with Crippen molar-refractivity contribution in [2.24, 2.45) is 0 Å². The van der Waals surface area contributed by atoms with E-state index >= 15 is 0 Å². The van der Waals surface area contributed by atoms with Crippen LogP contribution in [-0.4, -0.2) is 24.5 Å². The lowest BCUT2D eigenvalue weighted by Crippen LogP contribution is -2.34. The molecule has 1 unspecified atom stereocenters. The Morgan fingerprint density at radius 3 is 2.52 bits per heavy atom. The first kappa shape index (κ1) is 15.8. The highest BCUT2D eigenvalue weighted by Gasteiger charge is 2.19. The van der Waals surface area contributed by atoms with Crippen molar-refractivity contribution in [3.63, 3.8) is 0 Å². The standard InChI is InChI=1S/C20H27N/c1-3-11-18(12-4-2)20(19-13-7-5-8-14-19)17-21-15-9-6-10-16-21/h3-5,7-8,11-14,20H,1,6,9-10,15-17H2,2H3/b12-4-,18-11+. The number of nitrogens with zero attached hydrogens (tertiary/aromatic N) is 1. The number of benzene rings is 1. The fraction of sp³-hybridized carbons (Fsp3) is 0.400. The van der Waals surface area contributed by atoms with Crippen LogP contribution in [0.5, 0.6) is 0 Å². The summed E-state index contributed by atoms with van der Waals surface area (Å²) in [6, 6.07) is 10.9. The molecule has 1 heteroatoms. The quantitative estimate of drug-likeness (QED) is 0.667. The van der Waals surface area contributed by atoms with Crippen molar-refractivity contribution in [2.45, 2.75) is 32.1 Å². The Morgan fingerprint density at radius 2 is 1.90 bits per heavy atom. The van der Waals surface area contributed by atoms with Gasteiger partial charge in [-0.15, -0.1) is 0 Å². The van der Waals surface area contributed by atoms with Crippen LogP contribution in [0.1, 0.15) is 37.7 Å². The van der Waals surface area contributed by atoms with Gasteiger partial charge in [-0.05, 0) is 44.0 Å². The molecule has 1 aromatic rings. The molecule has 0 amide bonds. The zero-order valence-electron chi connectivity index (χ0n) is 13.2. The molecule has 0 aromatic heterocycles. The maximum atomic E-state index is 3.88. The highest BCUT2D eigenvalue weighted by Crippen LogP contribution is 2.28. The minimum atomic E-state index is 0.429. The van der Waals surface area contributed by atoms with Gasteiger partial charge in [0, 0.05) is 12.5 Å². The fourth-order valence-corrected chi connectivity index (χ4v) is 3.11. The van der Waals surface area contributed by atoms with Gasteiger partial charge in [0.15, 0.2) is 0 Å². The molecule has 1 atom stereocenters. The van der Waals surface area contributed by atoms with Gasteiger partial charge in [0.05, 0.1) is 0 Å². The van der Waals surface area contributed by atoms with Crippen LogP contribution in [-0.2, 0) is 0 Å². The normalized spacial score (nSPS) is 18.8. The molecule has 0 spiro atoms. The summed E-state index contributed by atoms with van der Waals surface area (Å²) in [6.07, 6.45) is 12.5. The van der Waals surface area contributed by atoms with Crippen molar-refractivity contribution >= 4 is 0 Å². The molecule has 1 saturated heterocycles. The second-order valence-electron chi connectivity index (χ2n) is 5.73. The lowest BCUT2D eigenvalue weighted by molar-refractivity contribution is 0.222. The van der Waals surface area contributed by atoms with Gasteiger partial charge in [-0.2, -0.15) is 0 Å². The number of rotatable bonds is 6. The van der Waals surface area contributed by atoms with Gasteiger partial charge in [0.2, 0.25) is 0 Å². The summed E-state index contributed by atoms with van der Waals surface area (Å²) in [4.78, 5) is 2.61. The minimum Gasteiger partial charge on any atom is -0.302 e. The van der Waals surface area contributed by atoms with E-state index < -0.39 is 0 Å². The number of likely N-dealkylation sites (tertiary alicyclic amines) is 1. The van der Waals surface area contributed by atoms with Gasteiger partial charge < -0.3 is 4.90 Å². The Hall–Kier alpha value is -1.60. The molecule has 1 nitrogen and oxygen atoms in total. The van der Waals surface area contributed by atoms with Crippen molar-refractivity contribution in [1.82, 2.24) is 4.90 Å². The minimum absolute atomic E-state index is 0.429. The first-order chi connectivity index (χ1) is 10.3. The van der Waals surface area contributed by atoms with E-state index in [4.69, 9.17) is 0 Å². The topological polar surface area (TPSA) is 3.24 Å². The van der Waals surface area contributed by atoms with Crippen molar-refractivity contribution < 1.29 is 0 Å². The van der Waals surface area contributed by atoms with Crippen LogP contribution in [0.3, 0.4) is 0 Å². The van der Waals surface area contributed by atoms with Crippen molar-refractivity contribution in [2.75, 3.05) is 19.6 Å². The van der Waals surface area contributed by atoms with E-state index in [2.05, 4.69) is 67.0 Å². The number of piperidine rings is 1. The van der Waals surface area contributed by atoms with Crippen molar-refractivity contribution in [3.8, 4) is 0 Å². The predicted molar refractivity (Wildman–Crippen MR) is 92.6 cm³/mol. The van der Waals surface area contributed by atoms with Gasteiger partial charge in [-0.3, -0.25) is 0 Å². The summed E-state index contributed by atoms with van der Waals surface area (Å²) in [5.41, 5.74) is 2.75. The molecule has 0 N–H and O–H groups in total. The van der Waals surface area contributed by atoms with Crippen LogP contribution < -0.4 is 0 Å². The van der Waals surface area contributed by atoms with Crippen LogP contribution in [0.25, 0.3) is 0 Å². The Morgan fingerprint density at radius 1 is 1.19 bits per heavy atom. The van der Waals surface area contributed by atoms with Crippen LogP contribution >= 0.6 is 0 Å². The van der Waals surface area contributed by atoms with Gasteiger partial charge in [0.1, 0.15) is 0 Å². The van der Waals surface area contributed by atoms with E-state index in [1.807, 2.05) is 6.08 Å². The average molecular weight is 281 g/mol. The van der Waals surface area contributed by atoms with Gasteiger partial charge >= 0.3 is 0 Å². The Labute approximate surface area is 129 Å². The SMILES string of the molecule is C=C/C=C(\C=C/C)C(CN1CCCCC1)c1ccccc1. The second kappa shape index (κ2) is 8.63. The molecule has 21 heavy (non-hydrogen) atoms. The highest BCUT2D eigenvalue weighted by molar-refractivity contribution is 5.37. The van der Waals surface area contributed by atoms with Crippen LogP contribution in [0.4, 0.5) is 0 Å². The zero-order chi connectivity index (χ0) is 14.9. The summed E-state index contributed by atoms with van der Waals surface area (Å²) in [7, 11) is 0. The number of hydrogen-bond donors (Lipinski definition) is 0. The first-order valence-corrected chi connectivity index (χ1v) is 8.07. The number of allylic oxidation sites excluding steroid dienone is 4. The molecule has 0 bridgehead atoms. The summed E-state index contributed by atoms with van der Waals surface area (Å²) < 4.78 is 0. The summed E-state index contributed by atoms with van der Waals surface area (Å²) in [5.74, 6) is 0.429. The molecular weight excluding hydrogens is 254 g/mol. The van der Waals surface area contributed by atoms with Crippen LogP contribution in [0.15, 0.2) is 66.8 Å². The molecule has 2 rings (SSSR count). The molecule has 1 aromatic carbocycles. The molecule has 0 saturated carbocycles. The lowest BCUT2D eigenvalue weighted by atomic mass is 9.89. The first-order valence-electron chi connectivity index (χ1n) is 8.07. The molecule has 0 aliphatic carbocycles. The van der Waals surface area contributed by atoms with E-state index in [1.165, 1.54) is 43.5 Å². The maximum absolute atomic E-state index is 3.88. The molecule has 1 aliphatic rings. The Balaban J connectivity index is 2.24. The summed E-state index contributed by atoms with van der Waals surface area (Å²) in [6.45, 7) is 9.54. The van der Waals surface area contributed by atoms with Crippen molar-refractivity contribution in [1.29, 1.82) is 0 Å². The third-order valence-electron chi connectivity index (χ3n) is 4.16.